The van der Waals surface area contributed by atoms with Crippen LogP contribution in [-0.4, -0.2) is 28.1 Å². The van der Waals surface area contributed by atoms with Gasteiger partial charge < -0.3 is 15.5 Å². The average Bonchev–Trinajstić information content (AvgIpc) is 2.31. The lowest BCUT2D eigenvalue weighted by Crippen LogP contribution is -2.40. The molecule has 0 saturated heterocycles. The molecule has 0 bridgehead atoms. The van der Waals surface area contributed by atoms with Gasteiger partial charge in [0.05, 0.1) is 5.56 Å². The maximum atomic E-state index is 11.9. The number of phenols is 1. The molecule has 1 amide bonds. The molecule has 0 aromatic heterocycles. The minimum atomic E-state index is -1.07. The summed E-state index contributed by atoms with van der Waals surface area (Å²) in [5.41, 5.74) is 0.0873. The third-order valence-corrected chi connectivity index (χ3v) is 3.05. The van der Waals surface area contributed by atoms with Gasteiger partial charge in [0.1, 0.15) is 11.8 Å². The molecule has 1 rings (SSSR count). The number of amides is 1. The van der Waals surface area contributed by atoms with Crippen molar-refractivity contribution in [2.45, 2.75) is 25.8 Å². The number of aliphatic carboxylic acids is 1. The predicted octanol–water partition coefficient (Wildman–Crippen LogP) is 1.98. The van der Waals surface area contributed by atoms with E-state index in [0.29, 0.717) is 12.8 Å². The topological polar surface area (TPSA) is 86.6 Å². The molecule has 0 aliphatic carbocycles. The highest BCUT2D eigenvalue weighted by Crippen LogP contribution is 2.19. The lowest BCUT2D eigenvalue weighted by Gasteiger charge is -2.14. The van der Waals surface area contributed by atoms with Gasteiger partial charge in [-0.2, -0.15) is 0 Å². The van der Waals surface area contributed by atoms with Gasteiger partial charge in [-0.15, -0.1) is 0 Å². The Balaban J connectivity index is 2.86. The van der Waals surface area contributed by atoms with Crippen molar-refractivity contribution in [3.63, 3.8) is 0 Å². The van der Waals surface area contributed by atoms with Crippen molar-refractivity contribution in [3.8, 4) is 5.75 Å². The van der Waals surface area contributed by atoms with Crippen LogP contribution in [0.1, 0.15) is 30.1 Å². The number of carbonyl (C=O) groups excluding carboxylic acids is 1. The molecule has 98 valence electrons. The Labute approximate surface area is 118 Å². The first kappa shape index (κ1) is 14.7. The van der Waals surface area contributed by atoms with E-state index in [0.717, 1.165) is 3.57 Å². The van der Waals surface area contributed by atoms with Crippen molar-refractivity contribution < 1.29 is 19.8 Å². The fourth-order valence-corrected chi connectivity index (χ4v) is 1.96. The third-order valence-electron chi connectivity index (χ3n) is 2.38. The summed E-state index contributed by atoms with van der Waals surface area (Å²) in [6, 6.07) is 3.65. The molecule has 0 spiro atoms. The number of carboxylic acid groups (broad SMARTS) is 1. The van der Waals surface area contributed by atoms with Gasteiger partial charge in [-0.3, -0.25) is 4.79 Å². The third kappa shape index (κ3) is 3.86. The molecule has 0 saturated carbocycles. The van der Waals surface area contributed by atoms with Crippen LogP contribution in [0.25, 0.3) is 0 Å². The molecular weight excluding hydrogens is 349 g/mol. The number of halogens is 1. The highest BCUT2D eigenvalue weighted by molar-refractivity contribution is 14.1. The van der Waals surface area contributed by atoms with E-state index in [9.17, 15) is 14.7 Å². The normalized spacial score (nSPS) is 11.9. The summed E-state index contributed by atoms with van der Waals surface area (Å²) < 4.78 is 0.790. The standard InChI is InChI=1S/C12H14INO4/c1-2-3-9(12(17)18)14-11(16)8-6-7(13)4-5-10(8)15/h4-6,9,15H,2-3H2,1H3,(H,14,16)(H,17,18). The molecule has 5 nitrogen and oxygen atoms in total. The van der Waals surface area contributed by atoms with E-state index in [2.05, 4.69) is 5.32 Å². The van der Waals surface area contributed by atoms with Gasteiger partial charge in [-0.05, 0) is 47.2 Å². The second-order valence-electron chi connectivity index (χ2n) is 3.81. The first-order chi connectivity index (χ1) is 8.45. The Kier molecular flexibility index (Phi) is 5.39. The molecule has 6 heteroatoms. The summed E-state index contributed by atoms with van der Waals surface area (Å²) in [6.45, 7) is 1.84. The van der Waals surface area contributed by atoms with E-state index < -0.39 is 17.9 Å². The molecule has 1 atom stereocenters. The SMILES string of the molecule is CCCC(NC(=O)c1cc(I)ccc1O)C(=O)O. The van der Waals surface area contributed by atoms with Crippen LogP contribution in [0, 0.1) is 3.57 Å². The number of nitrogens with one attached hydrogen (secondary N) is 1. The summed E-state index contributed by atoms with van der Waals surface area (Å²) in [5.74, 6) is -1.81. The smallest absolute Gasteiger partial charge is 0.326 e. The molecule has 3 N–H and O–H groups in total. The van der Waals surface area contributed by atoms with Gasteiger partial charge in [0.2, 0.25) is 0 Å². The van der Waals surface area contributed by atoms with Crippen molar-refractivity contribution in [2.24, 2.45) is 0 Å². The van der Waals surface area contributed by atoms with Crippen LogP contribution < -0.4 is 5.32 Å². The highest BCUT2D eigenvalue weighted by atomic mass is 127. The number of carboxylic acids is 1. The zero-order valence-electron chi connectivity index (χ0n) is 9.81. The average molecular weight is 363 g/mol. The van der Waals surface area contributed by atoms with Crippen molar-refractivity contribution >= 4 is 34.5 Å². The van der Waals surface area contributed by atoms with Gasteiger partial charge in [-0.1, -0.05) is 13.3 Å². The Morgan fingerprint density at radius 3 is 2.67 bits per heavy atom. The lowest BCUT2D eigenvalue weighted by molar-refractivity contribution is -0.139. The zero-order valence-corrected chi connectivity index (χ0v) is 12.0. The minimum Gasteiger partial charge on any atom is -0.507 e. The maximum absolute atomic E-state index is 11.9. The molecule has 1 aromatic rings. The monoisotopic (exact) mass is 363 g/mol. The first-order valence-electron chi connectivity index (χ1n) is 5.48. The van der Waals surface area contributed by atoms with Crippen LogP contribution in [0.15, 0.2) is 18.2 Å². The minimum absolute atomic E-state index is 0.0873. The number of hydrogen-bond donors (Lipinski definition) is 3. The summed E-state index contributed by atoms with van der Waals surface area (Å²) >= 11 is 2.01. The second kappa shape index (κ2) is 6.58. The van der Waals surface area contributed by atoms with Crippen molar-refractivity contribution in [1.29, 1.82) is 0 Å². The van der Waals surface area contributed by atoms with Gasteiger partial charge in [-0.25, -0.2) is 4.79 Å². The van der Waals surface area contributed by atoms with E-state index in [1.165, 1.54) is 12.1 Å². The Hall–Kier alpha value is -1.31. The van der Waals surface area contributed by atoms with E-state index in [-0.39, 0.29) is 11.3 Å². The number of phenolic OH excluding ortho intramolecular Hbond substituents is 1. The largest absolute Gasteiger partial charge is 0.507 e. The molecule has 0 aliphatic heterocycles. The number of rotatable bonds is 5. The van der Waals surface area contributed by atoms with E-state index in [4.69, 9.17) is 5.11 Å². The van der Waals surface area contributed by atoms with E-state index >= 15 is 0 Å². The lowest BCUT2D eigenvalue weighted by atomic mass is 10.1. The van der Waals surface area contributed by atoms with Crippen LogP contribution in [0.3, 0.4) is 0 Å². The van der Waals surface area contributed by atoms with Gasteiger partial charge >= 0.3 is 5.97 Å². The predicted molar refractivity (Wildman–Crippen MR) is 74.6 cm³/mol. The fraction of sp³-hybridized carbons (Fsp3) is 0.333. The Morgan fingerprint density at radius 2 is 2.11 bits per heavy atom. The number of hydrogen-bond acceptors (Lipinski definition) is 3. The summed E-state index contributed by atoms with van der Waals surface area (Å²) in [4.78, 5) is 22.8. The van der Waals surface area contributed by atoms with Crippen LogP contribution in [-0.2, 0) is 4.79 Å². The van der Waals surface area contributed by atoms with E-state index in [1.54, 1.807) is 6.07 Å². The highest BCUT2D eigenvalue weighted by Gasteiger charge is 2.21. The van der Waals surface area contributed by atoms with Crippen molar-refractivity contribution in [2.75, 3.05) is 0 Å². The van der Waals surface area contributed by atoms with Crippen molar-refractivity contribution in [3.05, 3.63) is 27.3 Å². The van der Waals surface area contributed by atoms with Crippen LogP contribution >= 0.6 is 22.6 Å². The van der Waals surface area contributed by atoms with Crippen LogP contribution in [0.4, 0.5) is 0 Å². The molecule has 18 heavy (non-hydrogen) atoms. The zero-order chi connectivity index (χ0) is 13.7. The molecule has 0 fully saturated rings. The molecule has 0 radical (unpaired) electrons. The molecule has 1 unspecified atom stereocenters. The Morgan fingerprint density at radius 1 is 1.44 bits per heavy atom. The van der Waals surface area contributed by atoms with Gasteiger partial charge in [0.25, 0.3) is 5.91 Å². The fourth-order valence-electron chi connectivity index (χ4n) is 1.47. The van der Waals surface area contributed by atoms with Crippen molar-refractivity contribution in [1.82, 2.24) is 5.32 Å². The summed E-state index contributed by atoms with van der Waals surface area (Å²) in [7, 11) is 0. The first-order valence-corrected chi connectivity index (χ1v) is 6.55. The maximum Gasteiger partial charge on any atom is 0.326 e. The van der Waals surface area contributed by atoms with Gasteiger partial charge in [0, 0.05) is 3.57 Å². The molecular formula is C12H14INO4. The van der Waals surface area contributed by atoms with Gasteiger partial charge in [0.15, 0.2) is 0 Å². The Bertz CT molecular complexity index is 461. The molecule has 1 aromatic carbocycles. The van der Waals surface area contributed by atoms with Crippen LogP contribution in [0.5, 0.6) is 5.75 Å². The number of carbonyl (C=O) groups is 2. The molecule has 0 heterocycles. The number of aromatic hydroxyl groups is 1. The van der Waals surface area contributed by atoms with E-state index in [1.807, 2.05) is 29.5 Å². The van der Waals surface area contributed by atoms with Crippen LogP contribution in [0.2, 0.25) is 0 Å². The summed E-state index contributed by atoms with van der Waals surface area (Å²) in [6.07, 6.45) is 1.00. The quantitative estimate of drug-likeness (QED) is 0.699. The summed E-state index contributed by atoms with van der Waals surface area (Å²) in [5, 5.41) is 20.9. The number of benzene rings is 1. The second-order valence-corrected chi connectivity index (χ2v) is 5.06. The molecule has 0 aliphatic rings.